The van der Waals surface area contributed by atoms with E-state index in [1.807, 2.05) is 29.2 Å². The summed E-state index contributed by atoms with van der Waals surface area (Å²) in [6, 6.07) is 15.5. The second kappa shape index (κ2) is 7.14. The molecule has 4 rings (SSSR count). The minimum atomic E-state index is -0.0439. The highest BCUT2D eigenvalue weighted by Gasteiger charge is 2.22. The molecule has 5 nitrogen and oxygen atoms in total. The quantitative estimate of drug-likeness (QED) is 0.761. The van der Waals surface area contributed by atoms with Crippen LogP contribution in [0, 0.1) is 0 Å². The summed E-state index contributed by atoms with van der Waals surface area (Å²) in [5.41, 5.74) is 3.84. The summed E-state index contributed by atoms with van der Waals surface area (Å²) in [5.74, 6) is 0.394. The number of carbonyl (C=O) groups is 1. The molecule has 130 valence electrons. The first kappa shape index (κ1) is 16.5. The zero-order valence-electron chi connectivity index (χ0n) is 14.0. The maximum Gasteiger partial charge on any atom is 0.257 e. The summed E-state index contributed by atoms with van der Waals surface area (Å²) in [6.07, 6.45) is 4.00. The van der Waals surface area contributed by atoms with Crippen molar-refractivity contribution in [3.8, 4) is 0 Å². The van der Waals surface area contributed by atoms with Crippen molar-refractivity contribution in [2.75, 3.05) is 11.9 Å². The number of nitrogens with zero attached hydrogens (tertiary/aromatic N) is 3. The molecule has 0 atom stereocenters. The largest absolute Gasteiger partial charge is 0.334 e. The number of halogens is 1. The molecule has 1 N–H and O–H groups in total. The molecule has 1 aliphatic rings. The van der Waals surface area contributed by atoms with Gasteiger partial charge in [-0.25, -0.2) is 9.97 Å². The Morgan fingerprint density at radius 2 is 1.69 bits per heavy atom. The van der Waals surface area contributed by atoms with Gasteiger partial charge in [0.2, 0.25) is 5.95 Å². The first-order chi connectivity index (χ1) is 12.7. The number of hydrogen-bond acceptors (Lipinski definition) is 4. The number of anilines is 2. The lowest BCUT2D eigenvalue weighted by atomic mass is 9.99. The molecule has 2 heterocycles. The molecule has 1 aromatic heterocycles. The maximum absolute atomic E-state index is 12.7. The van der Waals surface area contributed by atoms with E-state index in [2.05, 4.69) is 27.4 Å². The van der Waals surface area contributed by atoms with Gasteiger partial charge in [-0.05, 0) is 41.8 Å². The summed E-state index contributed by atoms with van der Waals surface area (Å²) in [6.45, 7) is 1.33. The zero-order chi connectivity index (χ0) is 17.9. The van der Waals surface area contributed by atoms with Crippen LogP contribution in [0.3, 0.4) is 0 Å². The molecule has 0 fully saturated rings. The van der Waals surface area contributed by atoms with Crippen molar-refractivity contribution in [1.29, 1.82) is 0 Å². The molecule has 0 aliphatic carbocycles. The van der Waals surface area contributed by atoms with E-state index in [0.717, 1.165) is 12.1 Å². The molecule has 0 bridgehead atoms. The first-order valence-corrected chi connectivity index (χ1v) is 8.77. The molecule has 3 aromatic rings. The van der Waals surface area contributed by atoms with Gasteiger partial charge < -0.3 is 10.2 Å². The van der Waals surface area contributed by atoms with Crippen LogP contribution < -0.4 is 5.32 Å². The molecule has 0 saturated heterocycles. The Labute approximate surface area is 156 Å². The van der Waals surface area contributed by atoms with Crippen LogP contribution in [0.15, 0.2) is 60.9 Å². The van der Waals surface area contributed by atoms with Gasteiger partial charge in [0.15, 0.2) is 0 Å². The third-order valence-electron chi connectivity index (χ3n) is 4.42. The van der Waals surface area contributed by atoms with Crippen LogP contribution in [-0.2, 0) is 13.0 Å². The molecule has 0 saturated carbocycles. The second-order valence-corrected chi connectivity index (χ2v) is 6.61. The van der Waals surface area contributed by atoms with E-state index in [4.69, 9.17) is 11.6 Å². The van der Waals surface area contributed by atoms with Gasteiger partial charge in [0.25, 0.3) is 5.91 Å². The number of fused-ring (bicyclic) bond motifs is 1. The average Bonchev–Trinajstić information content (AvgIpc) is 2.69. The highest BCUT2D eigenvalue weighted by Crippen LogP contribution is 2.20. The Hall–Kier alpha value is -2.92. The molecule has 0 radical (unpaired) electrons. The summed E-state index contributed by atoms with van der Waals surface area (Å²) in [5, 5.41) is 3.75. The van der Waals surface area contributed by atoms with E-state index < -0.39 is 0 Å². The van der Waals surface area contributed by atoms with E-state index in [1.165, 1.54) is 11.1 Å². The predicted octanol–water partition coefficient (Wildman–Crippen LogP) is 4.07. The lowest BCUT2D eigenvalue weighted by Crippen LogP contribution is -2.36. The summed E-state index contributed by atoms with van der Waals surface area (Å²) >= 11 is 5.87. The number of carbonyl (C=O) groups excluding carboxylic acids is 1. The summed E-state index contributed by atoms with van der Waals surface area (Å²) < 4.78 is 0. The number of aromatic nitrogens is 2. The monoisotopic (exact) mass is 364 g/mol. The third-order valence-corrected chi connectivity index (χ3v) is 4.67. The number of nitrogens with one attached hydrogen (secondary N) is 1. The van der Waals surface area contributed by atoms with Crippen LogP contribution >= 0.6 is 11.6 Å². The van der Waals surface area contributed by atoms with Gasteiger partial charge in [0.05, 0.1) is 5.56 Å². The van der Waals surface area contributed by atoms with E-state index in [1.54, 1.807) is 24.5 Å². The summed E-state index contributed by atoms with van der Waals surface area (Å²) in [4.78, 5) is 23.1. The minimum Gasteiger partial charge on any atom is -0.334 e. The fourth-order valence-corrected chi connectivity index (χ4v) is 3.14. The smallest absolute Gasteiger partial charge is 0.257 e. The third kappa shape index (κ3) is 3.53. The van der Waals surface area contributed by atoms with Crippen molar-refractivity contribution < 1.29 is 4.79 Å². The van der Waals surface area contributed by atoms with Crippen molar-refractivity contribution in [3.63, 3.8) is 0 Å². The Balaban J connectivity index is 1.45. The standard InChI is InChI=1S/C20H17ClN4O/c21-17-5-7-18(8-6-17)24-20-22-11-16(12-23-20)19(26)25-10-9-14-3-1-2-4-15(14)13-25/h1-8,11-12H,9-10,13H2,(H,22,23,24). The number of amides is 1. The zero-order valence-corrected chi connectivity index (χ0v) is 14.8. The molecule has 0 spiro atoms. The van der Waals surface area contributed by atoms with Gasteiger partial charge in [0.1, 0.15) is 0 Å². The molecule has 2 aromatic carbocycles. The molecule has 0 unspecified atom stereocenters. The lowest BCUT2D eigenvalue weighted by Gasteiger charge is -2.28. The maximum atomic E-state index is 12.7. The second-order valence-electron chi connectivity index (χ2n) is 6.17. The van der Waals surface area contributed by atoms with E-state index >= 15 is 0 Å². The van der Waals surface area contributed by atoms with Gasteiger partial charge in [-0.3, -0.25) is 4.79 Å². The number of rotatable bonds is 3. The lowest BCUT2D eigenvalue weighted by molar-refractivity contribution is 0.0734. The van der Waals surface area contributed by atoms with Gasteiger partial charge in [-0.15, -0.1) is 0 Å². The number of benzene rings is 2. The molecule has 26 heavy (non-hydrogen) atoms. The van der Waals surface area contributed by atoms with Gasteiger partial charge in [-0.1, -0.05) is 35.9 Å². The molecule has 1 aliphatic heterocycles. The van der Waals surface area contributed by atoms with E-state index in [0.29, 0.717) is 29.6 Å². The van der Waals surface area contributed by atoms with Crippen LogP contribution in [-0.4, -0.2) is 27.3 Å². The topological polar surface area (TPSA) is 58.1 Å². The van der Waals surface area contributed by atoms with Crippen LogP contribution in [0.5, 0.6) is 0 Å². The van der Waals surface area contributed by atoms with Gasteiger partial charge >= 0.3 is 0 Å². The van der Waals surface area contributed by atoms with Crippen LogP contribution in [0.25, 0.3) is 0 Å². The average molecular weight is 365 g/mol. The highest BCUT2D eigenvalue weighted by molar-refractivity contribution is 6.30. The van der Waals surface area contributed by atoms with Gasteiger partial charge in [-0.2, -0.15) is 0 Å². The van der Waals surface area contributed by atoms with Crippen LogP contribution in [0.1, 0.15) is 21.5 Å². The molecule has 1 amide bonds. The number of hydrogen-bond donors (Lipinski definition) is 1. The van der Waals surface area contributed by atoms with Crippen LogP contribution in [0.2, 0.25) is 5.02 Å². The fraction of sp³-hybridized carbons (Fsp3) is 0.150. The van der Waals surface area contributed by atoms with E-state index in [-0.39, 0.29) is 5.91 Å². The van der Waals surface area contributed by atoms with Crippen molar-refractivity contribution in [2.45, 2.75) is 13.0 Å². The molecular formula is C20H17ClN4O. The van der Waals surface area contributed by atoms with Crippen molar-refractivity contribution in [1.82, 2.24) is 14.9 Å². The fourth-order valence-electron chi connectivity index (χ4n) is 3.02. The van der Waals surface area contributed by atoms with Crippen molar-refractivity contribution >= 4 is 29.1 Å². The molecule has 6 heteroatoms. The normalized spacial score (nSPS) is 13.2. The highest BCUT2D eigenvalue weighted by atomic mass is 35.5. The SMILES string of the molecule is O=C(c1cnc(Nc2ccc(Cl)cc2)nc1)N1CCc2ccccc2C1. The minimum absolute atomic E-state index is 0.0439. The Morgan fingerprint density at radius 1 is 1.00 bits per heavy atom. The van der Waals surface area contributed by atoms with Crippen LogP contribution in [0.4, 0.5) is 11.6 Å². The van der Waals surface area contributed by atoms with Crippen molar-refractivity contribution in [3.05, 3.63) is 82.6 Å². The predicted molar refractivity (Wildman–Crippen MR) is 102 cm³/mol. The van der Waals surface area contributed by atoms with Gasteiger partial charge in [0, 0.05) is 36.2 Å². The van der Waals surface area contributed by atoms with E-state index in [9.17, 15) is 4.79 Å². The molecular weight excluding hydrogens is 348 g/mol. The Bertz CT molecular complexity index is 925. The Kier molecular flexibility index (Phi) is 4.54. The first-order valence-electron chi connectivity index (χ1n) is 8.40. The van der Waals surface area contributed by atoms with Crippen molar-refractivity contribution in [2.24, 2.45) is 0 Å². The Morgan fingerprint density at radius 3 is 2.42 bits per heavy atom. The summed E-state index contributed by atoms with van der Waals surface area (Å²) in [7, 11) is 0.